The second-order valence-electron chi connectivity index (χ2n) is 4.91. The van der Waals surface area contributed by atoms with Gasteiger partial charge in [-0.2, -0.15) is 0 Å². The molecule has 1 aromatic rings. The summed E-state index contributed by atoms with van der Waals surface area (Å²) in [5.74, 6) is 0.960. The van der Waals surface area contributed by atoms with E-state index < -0.39 is 0 Å². The van der Waals surface area contributed by atoms with E-state index in [4.69, 9.17) is 4.74 Å². The molecule has 0 aliphatic heterocycles. The van der Waals surface area contributed by atoms with Crippen molar-refractivity contribution in [2.75, 3.05) is 11.9 Å². The largest absolute Gasteiger partial charge is 0.492 e. The van der Waals surface area contributed by atoms with Gasteiger partial charge < -0.3 is 4.74 Å². The van der Waals surface area contributed by atoms with Crippen molar-refractivity contribution in [3.8, 4) is 5.75 Å². The maximum Gasteiger partial charge on any atom is 0.137 e. The van der Waals surface area contributed by atoms with E-state index in [2.05, 4.69) is 74.6 Å². The first kappa shape index (κ1) is 15.5. The summed E-state index contributed by atoms with van der Waals surface area (Å²) < 4.78 is 7.97. The lowest BCUT2D eigenvalue weighted by Crippen LogP contribution is -2.14. The molecule has 0 saturated carbocycles. The number of hydrogen-bond acceptors (Lipinski definition) is 1. The average Bonchev–Trinajstić information content (AvgIpc) is 2.19. The zero-order chi connectivity index (χ0) is 13.1. The van der Waals surface area contributed by atoms with Crippen LogP contribution in [0.2, 0.25) is 0 Å². The van der Waals surface area contributed by atoms with Gasteiger partial charge in [0.1, 0.15) is 5.75 Å². The van der Waals surface area contributed by atoms with E-state index in [9.17, 15) is 0 Å². The first-order valence-electron chi connectivity index (χ1n) is 5.54. The molecule has 4 heteroatoms. The summed E-state index contributed by atoms with van der Waals surface area (Å²) in [5, 5.41) is 0.964. The van der Waals surface area contributed by atoms with Crippen molar-refractivity contribution >= 4 is 47.8 Å². The third-order valence-corrected chi connectivity index (χ3v) is 3.95. The number of ether oxygens (including phenoxy) is 1. The maximum atomic E-state index is 5.89. The lowest BCUT2D eigenvalue weighted by molar-refractivity contribution is 0.308. The molecule has 0 radical (unpaired) electrons. The highest BCUT2D eigenvalue weighted by molar-refractivity contribution is 9.11. The Labute approximate surface area is 129 Å². The van der Waals surface area contributed by atoms with Gasteiger partial charge in [0.25, 0.3) is 0 Å². The van der Waals surface area contributed by atoms with Crippen LogP contribution in [0.4, 0.5) is 0 Å². The maximum absolute atomic E-state index is 5.89. The Kier molecular flexibility index (Phi) is 6.00. The molecule has 0 unspecified atom stereocenters. The molecular weight excluding hydrogens is 412 g/mol. The van der Waals surface area contributed by atoms with Gasteiger partial charge in [0.05, 0.1) is 11.1 Å². The zero-order valence-electron chi connectivity index (χ0n) is 10.3. The Morgan fingerprint density at radius 1 is 1.18 bits per heavy atom. The van der Waals surface area contributed by atoms with Crippen molar-refractivity contribution in [1.29, 1.82) is 0 Å². The second-order valence-corrected chi connectivity index (χ2v) is 7.47. The molecule has 0 saturated heterocycles. The highest BCUT2D eigenvalue weighted by atomic mass is 79.9. The van der Waals surface area contributed by atoms with Crippen LogP contribution >= 0.6 is 47.8 Å². The number of hydrogen-bond donors (Lipinski definition) is 0. The molecule has 1 rings (SSSR count). The third kappa shape index (κ3) is 4.56. The van der Waals surface area contributed by atoms with Crippen molar-refractivity contribution in [2.45, 2.75) is 32.6 Å². The minimum absolute atomic E-state index is 0.0655. The van der Waals surface area contributed by atoms with Crippen LogP contribution in [0.1, 0.15) is 32.8 Å². The van der Waals surface area contributed by atoms with E-state index in [0.29, 0.717) is 0 Å². The molecule has 0 amide bonds. The molecule has 0 atom stereocenters. The molecule has 96 valence electrons. The monoisotopic (exact) mass is 426 g/mol. The predicted octanol–water partition coefficient (Wildman–Crippen LogP) is 5.67. The normalized spacial score (nSPS) is 11.6. The van der Waals surface area contributed by atoms with Gasteiger partial charge in [0, 0.05) is 15.4 Å². The fourth-order valence-electron chi connectivity index (χ4n) is 1.49. The third-order valence-electron chi connectivity index (χ3n) is 2.34. The minimum atomic E-state index is 0.0655. The zero-order valence-corrected chi connectivity index (χ0v) is 15.1. The van der Waals surface area contributed by atoms with Crippen LogP contribution in [0.15, 0.2) is 21.1 Å². The van der Waals surface area contributed by atoms with Gasteiger partial charge in [-0.3, -0.25) is 0 Å². The van der Waals surface area contributed by atoms with Crippen LogP contribution in [0.25, 0.3) is 0 Å². The quantitative estimate of drug-likeness (QED) is 0.443. The van der Waals surface area contributed by atoms with Gasteiger partial charge in [0.15, 0.2) is 0 Å². The van der Waals surface area contributed by atoms with E-state index in [1.54, 1.807) is 0 Å². The molecule has 0 heterocycles. The Bertz CT molecular complexity index is 383. The van der Waals surface area contributed by atoms with E-state index >= 15 is 0 Å². The molecular formula is C13H17Br3O. The van der Waals surface area contributed by atoms with E-state index in [1.165, 1.54) is 5.56 Å². The van der Waals surface area contributed by atoms with E-state index in [1.807, 2.05) is 6.07 Å². The van der Waals surface area contributed by atoms with Gasteiger partial charge in [0.2, 0.25) is 0 Å². The summed E-state index contributed by atoms with van der Waals surface area (Å²) in [4.78, 5) is 0. The van der Waals surface area contributed by atoms with Crippen molar-refractivity contribution in [3.63, 3.8) is 0 Å². The Balaban J connectivity index is 3.08. The summed E-state index contributed by atoms with van der Waals surface area (Å²) in [6.07, 6.45) is 1.01. The highest BCUT2D eigenvalue weighted by Crippen LogP contribution is 2.39. The highest BCUT2D eigenvalue weighted by Gasteiger charge is 2.21. The molecule has 0 aliphatic rings. The molecule has 0 aromatic heterocycles. The van der Waals surface area contributed by atoms with Crippen molar-refractivity contribution in [2.24, 2.45) is 0 Å². The second kappa shape index (κ2) is 6.58. The molecule has 0 spiro atoms. The van der Waals surface area contributed by atoms with Crippen molar-refractivity contribution < 1.29 is 4.74 Å². The van der Waals surface area contributed by atoms with Crippen LogP contribution in [-0.2, 0) is 5.41 Å². The van der Waals surface area contributed by atoms with Crippen LogP contribution in [0.3, 0.4) is 0 Å². The first-order chi connectivity index (χ1) is 7.86. The van der Waals surface area contributed by atoms with Gasteiger partial charge in [-0.05, 0) is 39.9 Å². The molecule has 0 fully saturated rings. The molecule has 0 N–H and O–H groups in total. The van der Waals surface area contributed by atoms with Crippen LogP contribution in [0.5, 0.6) is 5.75 Å². The summed E-state index contributed by atoms with van der Waals surface area (Å²) in [5.41, 5.74) is 1.28. The molecule has 1 aromatic carbocycles. The van der Waals surface area contributed by atoms with Crippen molar-refractivity contribution in [1.82, 2.24) is 0 Å². The van der Waals surface area contributed by atoms with Crippen molar-refractivity contribution in [3.05, 3.63) is 26.6 Å². The average molecular weight is 429 g/mol. The fraction of sp³-hybridized carbons (Fsp3) is 0.538. The van der Waals surface area contributed by atoms with Gasteiger partial charge >= 0.3 is 0 Å². The van der Waals surface area contributed by atoms with Crippen LogP contribution < -0.4 is 4.74 Å². The molecule has 17 heavy (non-hydrogen) atoms. The molecule has 0 bridgehead atoms. The summed E-state index contributed by atoms with van der Waals surface area (Å²) in [6, 6.07) is 4.16. The van der Waals surface area contributed by atoms with Crippen LogP contribution in [-0.4, -0.2) is 11.9 Å². The SMILES string of the molecule is CC(C)(C)c1cc(Br)cc(Br)c1OCCCBr. The van der Waals surface area contributed by atoms with Gasteiger partial charge in [-0.1, -0.05) is 52.6 Å². The first-order valence-corrected chi connectivity index (χ1v) is 8.25. The topological polar surface area (TPSA) is 9.23 Å². The summed E-state index contributed by atoms with van der Waals surface area (Å²) in [7, 11) is 0. The number of alkyl halides is 1. The van der Waals surface area contributed by atoms with Crippen LogP contribution in [0, 0.1) is 0 Å². The lowest BCUT2D eigenvalue weighted by Gasteiger charge is -2.24. The Morgan fingerprint density at radius 2 is 1.82 bits per heavy atom. The lowest BCUT2D eigenvalue weighted by atomic mass is 9.86. The van der Waals surface area contributed by atoms with E-state index in [0.717, 1.165) is 33.1 Å². The standard InChI is InChI=1S/C13H17Br3O/c1-13(2,3)10-7-9(15)8-11(16)12(10)17-6-4-5-14/h7-8H,4-6H2,1-3H3. The molecule has 1 nitrogen and oxygen atoms in total. The van der Waals surface area contributed by atoms with Gasteiger partial charge in [-0.15, -0.1) is 0 Å². The smallest absolute Gasteiger partial charge is 0.137 e. The number of benzene rings is 1. The van der Waals surface area contributed by atoms with E-state index in [-0.39, 0.29) is 5.41 Å². The minimum Gasteiger partial charge on any atom is -0.492 e. The summed E-state index contributed by atoms with van der Waals surface area (Å²) in [6.45, 7) is 7.31. The Morgan fingerprint density at radius 3 is 2.35 bits per heavy atom. The number of rotatable bonds is 4. The Hall–Kier alpha value is 0.460. The molecule has 0 aliphatic carbocycles. The fourth-order valence-corrected chi connectivity index (χ4v) is 3.06. The number of halogens is 3. The summed E-state index contributed by atoms with van der Waals surface area (Å²) >= 11 is 10.5. The van der Waals surface area contributed by atoms with Gasteiger partial charge in [-0.25, -0.2) is 0 Å². The predicted molar refractivity (Wildman–Crippen MR) is 84.4 cm³/mol.